The Bertz CT molecular complexity index is 485. The van der Waals surface area contributed by atoms with Gasteiger partial charge in [-0.15, -0.1) is 0 Å². The van der Waals surface area contributed by atoms with Gasteiger partial charge in [-0.25, -0.2) is 9.13 Å². The molecule has 2 aromatic rings. The number of hydrogen-bond donors (Lipinski definition) is 0. The smallest absolute Gasteiger partial charge is 0.233 e. The van der Waals surface area contributed by atoms with Crippen molar-refractivity contribution in [1.29, 1.82) is 0 Å². The van der Waals surface area contributed by atoms with Crippen molar-refractivity contribution in [1.82, 2.24) is 4.57 Å². The molecule has 0 unspecified atom stereocenters. The van der Waals surface area contributed by atoms with Crippen molar-refractivity contribution < 1.29 is 4.57 Å². The van der Waals surface area contributed by atoms with E-state index in [2.05, 4.69) is 53.7 Å². The largest absolute Gasteiger partial charge is 0.244 e. The van der Waals surface area contributed by atoms with Gasteiger partial charge in [-0.1, -0.05) is 44.7 Å². The lowest BCUT2D eigenvalue weighted by Gasteiger charge is -1.99. The van der Waals surface area contributed by atoms with Crippen LogP contribution in [0.3, 0.4) is 0 Å². The van der Waals surface area contributed by atoms with Gasteiger partial charge in [-0.05, 0) is 25.0 Å². The summed E-state index contributed by atoms with van der Waals surface area (Å²) in [6.07, 6.45) is 10.4. The van der Waals surface area contributed by atoms with E-state index in [4.69, 9.17) is 0 Å². The van der Waals surface area contributed by atoms with Crippen molar-refractivity contribution in [2.45, 2.75) is 52.0 Å². The Labute approximate surface area is 110 Å². The van der Waals surface area contributed by atoms with E-state index in [1.807, 2.05) is 0 Å². The highest BCUT2D eigenvalue weighted by molar-refractivity contribution is 5.71. The fourth-order valence-electron chi connectivity index (χ4n) is 2.58. The molecule has 0 spiro atoms. The first kappa shape index (κ1) is 13.1. The number of unbranched alkanes of at least 4 members (excludes halogenated alkanes) is 5. The normalized spacial score (nSPS) is 11.2. The molecule has 2 rings (SSSR count). The maximum absolute atomic E-state index is 2.38. The average Bonchev–Trinajstić information content (AvgIpc) is 2.71. The first-order valence-corrected chi connectivity index (χ1v) is 7.26. The molecule has 1 heterocycles. The Hall–Kier alpha value is -1.31. The van der Waals surface area contributed by atoms with Crippen molar-refractivity contribution in [3.8, 4) is 0 Å². The lowest BCUT2D eigenvalue weighted by molar-refractivity contribution is -0.645. The SMILES string of the molecule is CCCCCCCCn1c[n+](C)c2ccccc21. The fourth-order valence-corrected chi connectivity index (χ4v) is 2.58. The summed E-state index contributed by atoms with van der Waals surface area (Å²) in [7, 11) is 2.13. The van der Waals surface area contributed by atoms with Gasteiger partial charge in [0.15, 0.2) is 11.0 Å². The Kier molecular flexibility index (Phi) is 4.80. The van der Waals surface area contributed by atoms with E-state index in [-0.39, 0.29) is 0 Å². The van der Waals surface area contributed by atoms with Crippen LogP contribution in [0.4, 0.5) is 0 Å². The number of benzene rings is 1. The van der Waals surface area contributed by atoms with Crippen LogP contribution in [0, 0.1) is 0 Å². The minimum Gasteiger partial charge on any atom is -0.233 e. The van der Waals surface area contributed by atoms with E-state index < -0.39 is 0 Å². The van der Waals surface area contributed by atoms with Crippen molar-refractivity contribution in [3.63, 3.8) is 0 Å². The maximum Gasteiger partial charge on any atom is 0.244 e. The molecule has 18 heavy (non-hydrogen) atoms. The molecule has 98 valence electrons. The number of rotatable bonds is 7. The Balaban J connectivity index is 1.88. The molecule has 0 saturated heterocycles. The summed E-state index contributed by atoms with van der Waals surface area (Å²) < 4.78 is 4.60. The number of imidazole rings is 1. The lowest BCUT2D eigenvalue weighted by atomic mass is 10.1. The third-order valence-electron chi connectivity index (χ3n) is 3.64. The quantitative estimate of drug-likeness (QED) is 0.518. The molecule has 0 bridgehead atoms. The van der Waals surface area contributed by atoms with E-state index >= 15 is 0 Å². The molecular weight excluding hydrogens is 220 g/mol. The lowest BCUT2D eigenvalue weighted by Crippen LogP contribution is -2.25. The second-order valence-corrected chi connectivity index (χ2v) is 5.18. The minimum atomic E-state index is 1.15. The number of para-hydroxylation sites is 2. The highest BCUT2D eigenvalue weighted by Crippen LogP contribution is 2.12. The molecular formula is C16H25N2+. The zero-order valence-corrected chi connectivity index (χ0v) is 11.7. The molecule has 2 heteroatoms. The molecule has 0 amide bonds. The van der Waals surface area contributed by atoms with Crippen LogP contribution in [0.25, 0.3) is 11.0 Å². The van der Waals surface area contributed by atoms with Crippen LogP contribution in [0.5, 0.6) is 0 Å². The summed E-state index contributed by atoms with van der Waals surface area (Å²) in [6, 6.07) is 8.64. The standard InChI is InChI=1S/C16H25N2/c1-3-4-5-6-7-10-13-18-14-17(2)15-11-8-9-12-16(15)18/h8-9,11-12,14H,3-7,10,13H2,1-2H3/q+1. The summed E-state index contributed by atoms with van der Waals surface area (Å²) in [5, 5.41) is 0. The number of hydrogen-bond acceptors (Lipinski definition) is 0. The Morgan fingerprint density at radius 3 is 2.56 bits per heavy atom. The van der Waals surface area contributed by atoms with Crippen molar-refractivity contribution >= 4 is 11.0 Å². The van der Waals surface area contributed by atoms with Gasteiger partial charge < -0.3 is 0 Å². The van der Waals surface area contributed by atoms with Crippen LogP contribution in [0.1, 0.15) is 45.4 Å². The molecule has 0 aliphatic rings. The monoisotopic (exact) mass is 245 g/mol. The molecule has 0 aliphatic carbocycles. The van der Waals surface area contributed by atoms with Crippen molar-refractivity contribution in [2.75, 3.05) is 0 Å². The summed E-state index contributed by atoms with van der Waals surface area (Å²) in [5.74, 6) is 0. The van der Waals surface area contributed by atoms with Crippen LogP contribution >= 0.6 is 0 Å². The number of nitrogens with zero attached hydrogens (tertiary/aromatic N) is 2. The molecule has 0 fully saturated rings. The van der Waals surface area contributed by atoms with E-state index in [1.165, 1.54) is 49.6 Å². The van der Waals surface area contributed by atoms with Crippen LogP contribution in [0.2, 0.25) is 0 Å². The van der Waals surface area contributed by atoms with E-state index in [1.54, 1.807) is 0 Å². The van der Waals surface area contributed by atoms with Gasteiger partial charge in [0.2, 0.25) is 6.33 Å². The highest BCUT2D eigenvalue weighted by atomic mass is 15.1. The number of aryl methyl sites for hydroxylation is 2. The summed E-state index contributed by atoms with van der Waals surface area (Å²) >= 11 is 0. The average molecular weight is 245 g/mol. The van der Waals surface area contributed by atoms with Crippen molar-refractivity contribution in [2.24, 2.45) is 7.05 Å². The second kappa shape index (κ2) is 6.58. The molecule has 0 aliphatic heterocycles. The first-order valence-electron chi connectivity index (χ1n) is 7.26. The van der Waals surface area contributed by atoms with Crippen LogP contribution in [-0.4, -0.2) is 4.57 Å². The van der Waals surface area contributed by atoms with Gasteiger partial charge in [-0.2, -0.15) is 0 Å². The molecule has 1 aromatic heterocycles. The third kappa shape index (κ3) is 3.12. The Morgan fingerprint density at radius 2 is 1.72 bits per heavy atom. The highest BCUT2D eigenvalue weighted by Gasteiger charge is 2.11. The Morgan fingerprint density at radius 1 is 1.00 bits per heavy atom. The van der Waals surface area contributed by atoms with Gasteiger partial charge in [0.1, 0.15) is 0 Å². The number of aromatic nitrogens is 2. The van der Waals surface area contributed by atoms with Gasteiger partial charge in [0.25, 0.3) is 0 Å². The van der Waals surface area contributed by atoms with Crippen LogP contribution < -0.4 is 4.57 Å². The zero-order chi connectivity index (χ0) is 12.8. The predicted molar refractivity (Wildman–Crippen MR) is 76.5 cm³/mol. The summed E-state index contributed by atoms with van der Waals surface area (Å²) in [6.45, 7) is 3.42. The molecule has 0 saturated carbocycles. The van der Waals surface area contributed by atoms with E-state index in [0.717, 1.165) is 6.54 Å². The molecule has 0 radical (unpaired) electrons. The van der Waals surface area contributed by atoms with Gasteiger partial charge in [0.05, 0.1) is 13.6 Å². The zero-order valence-electron chi connectivity index (χ0n) is 11.7. The topological polar surface area (TPSA) is 8.81 Å². The number of fused-ring (bicyclic) bond motifs is 1. The summed E-state index contributed by atoms with van der Waals surface area (Å²) in [5.41, 5.74) is 2.68. The van der Waals surface area contributed by atoms with Gasteiger partial charge in [-0.3, -0.25) is 0 Å². The predicted octanol–water partition coefficient (Wildman–Crippen LogP) is 3.83. The molecule has 0 N–H and O–H groups in total. The second-order valence-electron chi connectivity index (χ2n) is 5.18. The molecule has 2 nitrogen and oxygen atoms in total. The minimum absolute atomic E-state index is 1.15. The van der Waals surface area contributed by atoms with Crippen LogP contribution in [0.15, 0.2) is 30.6 Å². The van der Waals surface area contributed by atoms with E-state index in [0.29, 0.717) is 0 Å². The molecule has 0 atom stereocenters. The van der Waals surface area contributed by atoms with Gasteiger partial charge in [0, 0.05) is 0 Å². The molecule has 1 aromatic carbocycles. The summed E-state index contributed by atoms with van der Waals surface area (Å²) in [4.78, 5) is 0. The van der Waals surface area contributed by atoms with E-state index in [9.17, 15) is 0 Å². The third-order valence-corrected chi connectivity index (χ3v) is 3.64. The fraction of sp³-hybridized carbons (Fsp3) is 0.562. The van der Waals surface area contributed by atoms with Crippen LogP contribution in [-0.2, 0) is 13.6 Å². The van der Waals surface area contributed by atoms with Crippen molar-refractivity contribution in [3.05, 3.63) is 30.6 Å². The van der Waals surface area contributed by atoms with Gasteiger partial charge >= 0.3 is 0 Å². The first-order chi connectivity index (χ1) is 8.83. The maximum atomic E-state index is 2.38.